The van der Waals surface area contributed by atoms with Gasteiger partial charge in [0.1, 0.15) is 22.7 Å². The second kappa shape index (κ2) is 5.51. The van der Waals surface area contributed by atoms with Gasteiger partial charge in [-0.2, -0.15) is 4.98 Å². The van der Waals surface area contributed by atoms with Crippen molar-refractivity contribution >= 4 is 51.5 Å². The summed E-state index contributed by atoms with van der Waals surface area (Å²) in [6.45, 7) is 1.11. The molecule has 10 heteroatoms. The average molecular weight is 382 g/mol. The van der Waals surface area contributed by atoms with Crippen LogP contribution in [0.15, 0.2) is 0 Å². The number of fused-ring (bicyclic) bond motifs is 2. The Balaban J connectivity index is 1.94. The lowest BCUT2D eigenvalue weighted by molar-refractivity contribution is 0.131. The van der Waals surface area contributed by atoms with Crippen molar-refractivity contribution in [2.75, 3.05) is 24.7 Å². The molecule has 1 aliphatic carbocycles. The number of hydrogen-bond donors (Lipinski definition) is 0. The fourth-order valence-electron chi connectivity index (χ4n) is 2.95. The van der Waals surface area contributed by atoms with Crippen LogP contribution in [0.2, 0.25) is 15.6 Å². The van der Waals surface area contributed by atoms with Gasteiger partial charge in [-0.05, 0) is 11.6 Å². The molecule has 0 N–H and O–H groups in total. The van der Waals surface area contributed by atoms with Gasteiger partial charge >= 0.3 is 0 Å². The van der Waals surface area contributed by atoms with Crippen molar-refractivity contribution in [3.8, 4) is 0 Å². The third kappa shape index (κ3) is 2.41. The molecule has 0 spiro atoms. The van der Waals surface area contributed by atoms with Gasteiger partial charge in [-0.15, -0.1) is 0 Å². The molecule has 0 radical (unpaired) electrons. The smallest absolute Gasteiger partial charge is 0.225 e. The van der Waals surface area contributed by atoms with Crippen molar-refractivity contribution in [1.82, 2.24) is 15.0 Å². The molecule has 1 aliphatic heterocycles. The van der Waals surface area contributed by atoms with Crippen molar-refractivity contribution in [2.24, 2.45) is 5.92 Å². The average Bonchev–Trinajstić information content (AvgIpc) is 3.19. The normalized spacial score (nSPS) is 27.0. The number of alkyl halides is 1. The Morgan fingerprint density at radius 2 is 1.91 bits per heavy atom. The van der Waals surface area contributed by atoms with E-state index in [1.165, 1.54) is 0 Å². The van der Waals surface area contributed by atoms with Gasteiger partial charge in [0, 0.05) is 12.5 Å². The monoisotopic (exact) mass is 380 g/mol. The fourth-order valence-corrected chi connectivity index (χ4v) is 3.60. The number of anilines is 1. The van der Waals surface area contributed by atoms with Crippen molar-refractivity contribution in [2.45, 2.75) is 12.2 Å². The molecule has 0 aromatic carbocycles. The van der Waals surface area contributed by atoms with Gasteiger partial charge in [-0.3, -0.25) is 0 Å². The molecule has 1 saturated carbocycles. The van der Waals surface area contributed by atoms with E-state index in [4.69, 9.17) is 39.5 Å². The summed E-state index contributed by atoms with van der Waals surface area (Å²) in [5, 5.41) is -0.480. The van der Waals surface area contributed by atoms with Gasteiger partial charge in [-0.1, -0.05) is 23.2 Å². The minimum absolute atomic E-state index is 0.0594. The summed E-state index contributed by atoms with van der Waals surface area (Å²) in [6.07, 6.45) is -1.04. The first-order chi connectivity index (χ1) is 11.0. The van der Waals surface area contributed by atoms with E-state index >= 15 is 0 Å². The van der Waals surface area contributed by atoms with E-state index in [9.17, 15) is 8.78 Å². The zero-order valence-electron chi connectivity index (χ0n) is 11.4. The summed E-state index contributed by atoms with van der Waals surface area (Å²) >= 11 is 17.7. The highest BCUT2D eigenvalue weighted by molar-refractivity contribution is 6.37. The highest BCUT2D eigenvalue weighted by Crippen LogP contribution is 2.45. The molecule has 0 bridgehead atoms. The predicted octanol–water partition coefficient (Wildman–Crippen LogP) is 3.30. The number of halogens is 5. The van der Waals surface area contributed by atoms with Crippen LogP contribution in [0.3, 0.4) is 0 Å². The number of ether oxygens (including phenoxy) is 1. The summed E-state index contributed by atoms with van der Waals surface area (Å²) in [7, 11) is 0. The Kier molecular flexibility index (Phi) is 3.72. The van der Waals surface area contributed by atoms with Crippen LogP contribution in [-0.2, 0) is 4.74 Å². The van der Waals surface area contributed by atoms with Crippen molar-refractivity contribution in [3.05, 3.63) is 21.4 Å². The van der Waals surface area contributed by atoms with E-state index in [1.54, 1.807) is 4.90 Å². The van der Waals surface area contributed by atoms with Crippen LogP contribution >= 0.6 is 34.8 Å². The molecule has 2 aliphatic rings. The standard InChI is InChI=1S/C13H9Cl3F2N4O/c14-10-5-8(7(18)11(15)20-10)19-13(16)21-12(5)22-1-2-23-3-4-6(17)9(4)22/h4,6,9H,1-3H2/t4-,6+,9+/m0/s1. The second-order valence-corrected chi connectivity index (χ2v) is 6.47. The van der Waals surface area contributed by atoms with Gasteiger partial charge in [0.25, 0.3) is 0 Å². The summed E-state index contributed by atoms with van der Waals surface area (Å²) in [5.74, 6) is -0.842. The summed E-state index contributed by atoms with van der Waals surface area (Å²) in [6, 6.07) is -0.401. The van der Waals surface area contributed by atoms with Gasteiger partial charge in [-0.25, -0.2) is 18.7 Å². The highest BCUT2D eigenvalue weighted by Gasteiger charge is 2.56. The van der Waals surface area contributed by atoms with Gasteiger partial charge in [0.05, 0.1) is 24.6 Å². The zero-order chi connectivity index (χ0) is 16.3. The Hall–Kier alpha value is -1.02. The maximum atomic E-state index is 14.3. The molecule has 122 valence electrons. The molecule has 3 atom stereocenters. The summed E-state index contributed by atoms with van der Waals surface area (Å²) in [4.78, 5) is 13.4. The molecule has 2 aromatic rings. The minimum Gasteiger partial charge on any atom is -0.379 e. The molecule has 0 unspecified atom stereocenters. The maximum absolute atomic E-state index is 14.3. The molecular formula is C13H9Cl3F2N4O. The number of aromatic nitrogens is 3. The molecule has 5 nitrogen and oxygen atoms in total. The number of nitrogens with zero attached hydrogens (tertiary/aromatic N) is 4. The third-order valence-electron chi connectivity index (χ3n) is 4.11. The van der Waals surface area contributed by atoms with Crippen LogP contribution in [-0.4, -0.2) is 46.9 Å². The quantitative estimate of drug-likeness (QED) is 0.560. The van der Waals surface area contributed by atoms with Crippen LogP contribution in [0.4, 0.5) is 14.6 Å². The first kappa shape index (κ1) is 15.5. The van der Waals surface area contributed by atoms with E-state index in [-0.39, 0.29) is 33.1 Å². The summed E-state index contributed by atoms with van der Waals surface area (Å²) < 4.78 is 33.6. The molecule has 3 heterocycles. The van der Waals surface area contributed by atoms with Crippen molar-refractivity contribution in [1.29, 1.82) is 0 Å². The highest BCUT2D eigenvalue weighted by atomic mass is 35.5. The van der Waals surface area contributed by atoms with Crippen LogP contribution in [0.5, 0.6) is 0 Å². The second-order valence-electron chi connectivity index (χ2n) is 5.41. The van der Waals surface area contributed by atoms with Crippen LogP contribution in [0.25, 0.3) is 10.9 Å². The topological polar surface area (TPSA) is 51.1 Å². The number of pyridine rings is 1. The Bertz CT molecular complexity index is 809. The van der Waals surface area contributed by atoms with Crippen molar-refractivity contribution < 1.29 is 13.5 Å². The lowest BCUT2D eigenvalue weighted by Gasteiger charge is -2.24. The Labute approximate surface area is 144 Å². The van der Waals surface area contributed by atoms with E-state index in [2.05, 4.69) is 15.0 Å². The minimum atomic E-state index is -1.04. The van der Waals surface area contributed by atoms with Crippen molar-refractivity contribution in [3.63, 3.8) is 0 Å². The van der Waals surface area contributed by atoms with Crippen LogP contribution in [0, 0.1) is 11.7 Å². The number of hydrogen-bond acceptors (Lipinski definition) is 5. The lowest BCUT2D eigenvalue weighted by Crippen LogP contribution is -2.31. The Morgan fingerprint density at radius 1 is 1.13 bits per heavy atom. The number of rotatable bonds is 1. The van der Waals surface area contributed by atoms with Gasteiger partial charge in [0.15, 0.2) is 11.0 Å². The largest absolute Gasteiger partial charge is 0.379 e. The first-order valence-electron chi connectivity index (χ1n) is 6.85. The van der Waals surface area contributed by atoms with Crippen LogP contribution in [0.1, 0.15) is 0 Å². The fraction of sp³-hybridized carbons (Fsp3) is 0.462. The molecule has 2 aromatic heterocycles. The van der Waals surface area contributed by atoms with E-state index < -0.39 is 23.2 Å². The SMILES string of the molecule is Fc1c(Cl)nc(Cl)c2c(N3CCOC[C@H]4[C@@H](F)[C@@H]43)nc(Cl)nc12. The molecule has 4 rings (SSSR count). The Morgan fingerprint density at radius 3 is 2.70 bits per heavy atom. The lowest BCUT2D eigenvalue weighted by atomic mass is 10.2. The maximum Gasteiger partial charge on any atom is 0.225 e. The summed E-state index contributed by atoms with van der Waals surface area (Å²) in [5.41, 5.74) is -0.136. The molecule has 1 saturated heterocycles. The van der Waals surface area contributed by atoms with Gasteiger partial charge < -0.3 is 9.64 Å². The molecule has 0 amide bonds. The molecule has 2 fully saturated rings. The van der Waals surface area contributed by atoms with E-state index in [1.807, 2.05) is 0 Å². The predicted molar refractivity (Wildman–Crippen MR) is 82.7 cm³/mol. The third-order valence-corrected chi connectivity index (χ3v) is 4.80. The molecule has 23 heavy (non-hydrogen) atoms. The first-order valence-corrected chi connectivity index (χ1v) is 7.98. The van der Waals surface area contributed by atoms with E-state index in [0.717, 1.165) is 0 Å². The van der Waals surface area contributed by atoms with Crippen LogP contribution < -0.4 is 4.90 Å². The molecular weight excluding hydrogens is 373 g/mol. The van der Waals surface area contributed by atoms with E-state index in [0.29, 0.717) is 19.8 Å². The van der Waals surface area contributed by atoms with Gasteiger partial charge in [0.2, 0.25) is 5.28 Å². The zero-order valence-corrected chi connectivity index (χ0v) is 13.7.